The van der Waals surface area contributed by atoms with Crippen molar-refractivity contribution in [3.8, 4) is 0 Å². The van der Waals surface area contributed by atoms with Gasteiger partial charge in [0.25, 0.3) is 0 Å². The predicted molar refractivity (Wildman–Crippen MR) is 79.2 cm³/mol. The van der Waals surface area contributed by atoms with Gasteiger partial charge in [0.1, 0.15) is 5.82 Å². The molecule has 19 heavy (non-hydrogen) atoms. The summed E-state index contributed by atoms with van der Waals surface area (Å²) in [6, 6.07) is 0. The van der Waals surface area contributed by atoms with Gasteiger partial charge in [-0.2, -0.15) is 0 Å². The van der Waals surface area contributed by atoms with Gasteiger partial charge in [0.2, 0.25) is 0 Å². The summed E-state index contributed by atoms with van der Waals surface area (Å²) in [5, 5.41) is 3.43. The lowest BCUT2D eigenvalue weighted by molar-refractivity contribution is 0.420. The molecule has 0 saturated carbocycles. The van der Waals surface area contributed by atoms with Crippen molar-refractivity contribution in [1.29, 1.82) is 0 Å². The Balaban J connectivity index is 1.91. The molecule has 1 aliphatic heterocycles. The van der Waals surface area contributed by atoms with Gasteiger partial charge in [0, 0.05) is 25.2 Å². The van der Waals surface area contributed by atoms with Crippen LogP contribution in [0.3, 0.4) is 0 Å². The molecule has 0 bridgehead atoms. The number of anilines is 1. The summed E-state index contributed by atoms with van der Waals surface area (Å²) in [4.78, 5) is 11.4. The van der Waals surface area contributed by atoms with Crippen molar-refractivity contribution in [2.75, 3.05) is 18.0 Å². The molecule has 0 aliphatic carbocycles. The van der Waals surface area contributed by atoms with Gasteiger partial charge in [0.15, 0.2) is 0 Å². The Morgan fingerprint density at radius 2 is 1.89 bits per heavy atom. The summed E-state index contributed by atoms with van der Waals surface area (Å²) < 4.78 is 0. The quantitative estimate of drug-likeness (QED) is 0.909. The maximum atomic E-state index is 4.55. The molecule has 0 amide bonds. The molecule has 0 atom stereocenters. The van der Waals surface area contributed by atoms with Crippen molar-refractivity contribution in [2.45, 2.75) is 52.6 Å². The largest absolute Gasteiger partial charge is 0.355 e. The molecule has 0 aromatic carbocycles. The molecular formula is C15H26N4. The number of rotatable bonds is 3. The van der Waals surface area contributed by atoms with E-state index >= 15 is 0 Å². The van der Waals surface area contributed by atoms with E-state index in [2.05, 4.69) is 47.9 Å². The van der Waals surface area contributed by atoms with E-state index < -0.39 is 0 Å². The van der Waals surface area contributed by atoms with Crippen LogP contribution < -0.4 is 10.2 Å². The fourth-order valence-corrected chi connectivity index (χ4v) is 2.20. The number of nitrogens with one attached hydrogen (secondary N) is 1. The van der Waals surface area contributed by atoms with Gasteiger partial charge in [-0.3, -0.25) is 4.98 Å². The zero-order chi connectivity index (χ0) is 13.9. The Morgan fingerprint density at radius 1 is 1.21 bits per heavy atom. The fraction of sp³-hybridized carbons (Fsp3) is 0.733. The van der Waals surface area contributed by atoms with Crippen molar-refractivity contribution in [3.05, 3.63) is 18.1 Å². The first kappa shape index (κ1) is 14.3. The Labute approximate surface area is 116 Å². The summed E-state index contributed by atoms with van der Waals surface area (Å²) in [5.41, 5.74) is 1.12. The second-order valence-electron chi connectivity index (χ2n) is 6.64. The van der Waals surface area contributed by atoms with Gasteiger partial charge in [-0.15, -0.1) is 0 Å². The van der Waals surface area contributed by atoms with Crippen LogP contribution in [0.25, 0.3) is 0 Å². The molecule has 1 aliphatic rings. The molecule has 1 saturated heterocycles. The van der Waals surface area contributed by atoms with Crippen LogP contribution in [0.15, 0.2) is 12.4 Å². The highest BCUT2D eigenvalue weighted by Gasteiger charge is 2.17. The minimum atomic E-state index is 0.114. The third-order valence-electron chi connectivity index (χ3n) is 3.60. The van der Waals surface area contributed by atoms with Gasteiger partial charge < -0.3 is 10.2 Å². The molecule has 4 heteroatoms. The number of piperidine rings is 1. The van der Waals surface area contributed by atoms with E-state index in [1.54, 1.807) is 0 Å². The highest BCUT2D eigenvalue weighted by molar-refractivity contribution is 5.36. The summed E-state index contributed by atoms with van der Waals surface area (Å²) in [7, 11) is 0. The zero-order valence-corrected chi connectivity index (χ0v) is 12.6. The minimum absolute atomic E-state index is 0.114. The third kappa shape index (κ3) is 4.46. The number of hydrogen-bond acceptors (Lipinski definition) is 4. The Hall–Kier alpha value is -1.16. The van der Waals surface area contributed by atoms with Crippen LogP contribution >= 0.6 is 0 Å². The lowest BCUT2D eigenvalue weighted by atomic mass is 9.99. The van der Waals surface area contributed by atoms with E-state index in [0.29, 0.717) is 0 Å². The molecule has 0 spiro atoms. The van der Waals surface area contributed by atoms with Gasteiger partial charge in [-0.05, 0) is 39.5 Å². The smallest absolute Gasteiger partial charge is 0.147 e. The molecule has 0 radical (unpaired) electrons. The monoisotopic (exact) mass is 262 g/mol. The maximum absolute atomic E-state index is 4.55. The second kappa shape index (κ2) is 5.87. The van der Waals surface area contributed by atoms with Crippen LogP contribution in [0.4, 0.5) is 5.82 Å². The number of nitrogens with zero attached hydrogens (tertiary/aromatic N) is 3. The summed E-state index contributed by atoms with van der Waals surface area (Å²) in [6.07, 6.45) is 6.33. The molecule has 4 nitrogen and oxygen atoms in total. The predicted octanol–water partition coefficient (Wildman–Crippen LogP) is 2.60. The van der Waals surface area contributed by atoms with E-state index in [-0.39, 0.29) is 5.54 Å². The third-order valence-corrected chi connectivity index (χ3v) is 3.60. The van der Waals surface area contributed by atoms with Gasteiger partial charge >= 0.3 is 0 Å². The second-order valence-corrected chi connectivity index (χ2v) is 6.64. The van der Waals surface area contributed by atoms with Crippen LogP contribution in [-0.4, -0.2) is 28.6 Å². The molecule has 2 rings (SSSR count). The summed E-state index contributed by atoms with van der Waals surface area (Å²) >= 11 is 0. The van der Waals surface area contributed by atoms with E-state index in [1.807, 2.05) is 12.4 Å². The lowest BCUT2D eigenvalue weighted by Crippen LogP contribution is -2.35. The first-order chi connectivity index (χ1) is 8.94. The highest BCUT2D eigenvalue weighted by atomic mass is 15.2. The van der Waals surface area contributed by atoms with Crippen LogP contribution in [-0.2, 0) is 6.54 Å². The van der Waals surface area contributed by atoms with E-state index in [0.717, 1.165) is 37.1 Å². The maximum Gasteiger partial charge on any atom is 0.147 e. The molecule has 106 valence electrons. The normalized spacial score (nSPS) is 17.8. The SMILES string of the molecule is CC1CCN(c2cnc(CNC(C)(C)C)cn2)CC1. The molecule has 1 aromatic rings. The molecule has 2 heterocycles. The fourth-order valence-electron chi connectivity index (χ4n) is 2.20. The average Bonchev–Trinajstić information content (AvgIpc) is 2.37. The van der Waals surface area contributed by atoms with E-state index in [9.17, 15) is 0 Å². The molecule has 0 unspecified atom stereocenters. The zero-order valence-electron chi connectivity index (χ0n) is 12.6. The van der Waals surface area contributed by atoms with Crippen LogP contribution in [0.1, 0.15) is 46.2 Å². The van der Waals surface area contributed by atoms with Gasteiger partial charge in [-0.1, -0.05) is 6.92 Å². The Morgan fingerprint density at radius 3 is 2.42 bits per heavy atom. The minimum Gasteiger partial charge on any atom is -0.355 e. The van der Waals surface area contributed by atoms with Crippen LogP contribution in [0.5, 0.6) is 0 Å². The molecule has 1 fully saturated rings. The number of aromatic nitrogens is 2. The Kier molecular flexibility index (Phi) is 4.40. The van der Waals surface area contributed by atoms with Crippen molar-refractivity contribution < 1.29 is 0 Å². The van der Waals surface area contributed by atoms with Crippen LogP contribution in [0.2, 0.25) is 0 Å². The van der Waals surface area contributed by atoms with Crippen molar-refractivity contribution in [3.63, 3.8) is 0 Å². The molecular weight excluding hydrogens is 236 g/mol. The molecule has 1 aromatic heterocycles. The van der Waals surface area contributed by atoms with Gasteiger partial charge in [0.05, 0.1) is 18.1 Å². The van der Waals surface area contributed by atoms with E-state index in [4.69, 9.17) is 0 Å². The van der Waals surface area contributed by atoms with Crippen molar-refractivity contribution in [2.24, 2.45) is 5.92 Å². The van der Waals surface area contributed by atoms with Crippen LogP contribution in [0, 0.1) is 5.92 Å². The number of hydrogen-bond donors (Lipinski definition) is 1. The topological polar surface area (TPSA) is 41.1 Å². The summed E-state index contributed by atoms with van der Waals surface area (Å²) in [6.45, 7) is 11.8. The van der Waals surface area contributed by atoms with Crippen molar-refractivity contribution in [1.82, 2.24) is 15.3 Å². The standard InChI is InChI=1S/C15H26N4/c1-12-5-7-19(8-6-12)14-11-16-13(9-17-14)10-18-15(2,3)4/h9,11-12,18H,5-8,10H2,1-4H3. The highest BCUT2D eigenvalue weighted by Crippen LogP contribution is 2.20. The first-order valence-corrected chi connectivity index (χ1v) is 7.25. The summed E-state index contributed by atoms with van der Waals surface area (Å²) in [5.74, 6) is 1.87. The van der Waals surface area contributed by atoms with Gasteiger partial charge in [-0.25, -0.2) is 4.98 Å². The first-order valence-electron chi connectivity index (χ1n) is 7.25. The Bertz CT molecular complexity index is 386. The van der Waals surface area contributed by atoms with E-state index in [1.165, 1.54) is 12.8 Å². The van der Waals surface area contributed by atoms with Crippen molar-refractivity contribution >= 4 is 5.82 Å². The average molecular weight is 262 g/mol. The molecule has 1 N–H and O–H groups in total. The lowest BCUT2D eigenvalue weighted by Gasteiger charge is -2.30.